The van der Waals surface area contributed by atoms with Gasteiger partial charge in [0.25, 0.3) is 0 Å². The quantitative estimate of drug-likeness (QED) is 0.721. The number of hydrogen-bond donors (Lipinski definition) is 2. The summed E-state index contributed by atoms with van der Waals surface area (Å²) in [5, 5.41) is 12.0. The first-order valence-electron chi connectivity index (χ1n) is 6.52. The molecule has 2 N–H and O–H groups in total. The summed E-state index contributed by atoms with van der Waals surface area (Å²) in [5.41, 5.74) is -0.826. The Morgan fingerprint density at radius 1 is 1.37 bits per heavy atom. The molecule has 0 saturated carbocycles. The van der Waals surface area contributed by atoms with Crippen LogP contribution >= 0.6 is 0 Å². The van der Waals surface area contributed by atoms with Gasteiger partial charge in [0.1, 0.15) is 6.54 Å². The van der Waals surface area contributed by atoms with Crippen LogP contribution in [0.25, 0.3) is 0 Å². The number of nitrogens with zero attached hydrogens (tertiary/aromatic N) is 2. The summed E-state index contributed by atoms with van der Waals surface area (Å²) in [5.74, 6) is -1.01. The number of urea groups is 1. The number of likely N-dealkylation sites (tertiary alicyclic amines) is 1. The molecule has 2 saturated heterocycles. The number of amides is 3. The number of aliphatic carboxylic acids is 1. The Kier molecular flexibility index (Phi) is 3.64. The third kappa shape index (κ3) is 2.50. The Balaban J connectivity index is 2.02. The van der Waals surface area contributed by atoms with Crippen LogP contribution in [0, 0.1) is 5.41 Å². The smallest absolute Gasteiger partial charge is 0.320 e. The second kappa shape index (κ2) is 5.07. The van der Waals surface area contributed by atoms with Crippen LogP contribution in [-0.2, 0) is 9.59 Å². The molecule has 7 nitrogen and oxygen atoms in total. The molecule has 0 aromatic rings. The average molecular weight is 269 g/mol. The summed E-state index contributed by atoms with van der Waals surface area (Å²) in [7, 11) is 0. The van der Waals surface area contributed by atoms with E-state index < -0.39 is 11.4 Å². The Hall–Kier alpha value is -1.79. The lowest BCUT2D eigenvalue weighted by Gasteiger charge is -2.31. The van der Waals surface area contributed by atoms with E-state index in [0.29, 0.717) is 32.5 Å². The first-order valence-corrected chi connectivity index (χ1v) is 6.52. The van der Waals surface area contributed by atoms with Gasteiger partial charge in [0.15, 0.2) is 0 Å². The van der Waals surface area contributed by atoms with E-state index in [-0.39, 0.29) is 25.0 Å². The minimum Gasteiger partial charge on any atom is -0.481 e. The van der Waals surface area contributed by atoms with E-state index in [1.54, 1.807) is 4.90 Å². The summed E-state index contributed by atoms with van der Waals surface area (Å²) < 4.78 is 0. The zero-order chi connectivity index (χ0) is 14.0. The average Bonchev–Trinajstić information content (AvgIpc) is 2.83. The highest BCUT2D eigenvalue weighted by molar-refractivity contribution is 5.86. The summed E-state index contributed by atoms with van der Waals surface area (Å²) in [6.45, 7) is 3.49. The van der Waals surface area contributed by atoms with Crippen molar-refractivity contribution in [3.05, 3.63) is 0 Å². The third-order valence-electron chi connectivity index (χ3n) is 4.06. The number of carboxylic acid groups (broad SMARTS) is 1. The predicted molar refractivity (Wildman–Crippen MR) is 66.5 cm³/mol. The molecule has 0 aliphatic carbocycles. The van der Waals surface area contributed by atoms with Gasteiger partial charge >= 0.3 is 12.0 Å². The van der Waals surface area contributed by atoms with Crippen LogP contribution in [-0.4, -0.2) is 65.5 Å². The van der Waals surface area contributed by atoms with Crippen molar-refractivity contribution in [3.63, 3.8) is 0 Å². The van der Waals surface area contributed by atoms with Crippen molar-refractivity contribution >= 4 is 17.9 Å². The number of carbonyl (C=O) groups excluding carboxylic acids is 2. The molecule has 0 aromatic heterocycles. The van der Waals surface area contributed by atoms with Crippen molar-refractivity contribution < 1.29 is 19.5 Å². The standard InChI is InChI=1S/C12H19N3O4/c1-2-12(10(17)18)3-5-15(8-12)11(19)14-6-4-13-9(16)7-14/h2-8H2,1H3,(H,13,16)(H,17,18). The fraction of sp³-hybridized carbons (Fsp3) is 0.750. The first kappa shape index (κ1) is 13.6. The van der Waals surface area contributed by atoms with E-state index in [2.05, 4.69) is 5.32 Å². The molecule has 0 spiro atoms. The third-order valence-corrected chi connectivity index (χ3v) is 4.06. The van der Waals surface area contributed by atoms with Crippen molar-refractivity contribution in [2.75, 3.05) is 32.7 Å². The predicted octanol–water partition coefficient (Wildman–Crippen LogP) is -0.275. The fourth-order valence-electron chi connectivity index (χ4n) is 2.65. The van der Waals surface area contributed by atoms with Gasteiger partial charge in [0, 0.05) is 26.2 Å². The maximum atomic E-state index is 12.3. The normalized spacial score (nSPS) is 27.3. The van der Waals surface area contributed by atoms with Gasteiger partial charge in [-0.15, -0.1) is 0 Å². The van der Waals surface area contributed by atoms with Crippen LogP contribution in [0.5, 0.6) is 0 Å². The topological polar surface area (TPSA) is 89.9 Å². The molecule has 0 bridgehead atoms. The van der Waals surface area contributed by atoms with Crippen molar-refractivity contribution in [3.8, 4) is 0 Å². The number of carbonyl (C=O) groups is 3. The van der Waals surface area contributed by atoms with E-state index >= 15 is 0 Å². The number of piperazine rings is 1. The largest absolute Gasteiger partial charge is 0.481 e. The SMILES string of the molecule is CCC1(C(=O)O)CCN(C(=O)N2CCNC(=O)C2)C1. The van der Waals surface area contributed by atoms with Crippen molar-refractivity contribution in [1.29, 1.82) is 0 Å². The minimum absolute atomic E-state index is 0.0571. The molecular weight excluding hydrogens is 250 g/mol. The van der Waals surface area contributed by atoms with Gasteiger partial charge in [-0.05, 0) is 12.8 Å². The van der Waals surface area contributed by atoms with Crippen molar-refractivity contribution in [2.24, 2.45) is 5.41 Å². The van der Waals surface area contributed by atoms with Gasteiger partial charge in [0.2, 0.25) is 5.91 Å². The number of hydrogen-bond acceptors (Lipinski definition) is 3. The Morgan fingerprint density at radius 2 is 2.11 bits per heavy atom. The lowest BCUT2D eigenvalue weighted by Crippen LogP contribution is -2.54. The van der Waals surface area contributed by atoms with Gasteiger partial charge in [-0.1, -0.05) is 6.92 Å². The van der Waals surface area contributed by atoms with Gasteiger partial charge in [-0.25, -0.2) is 4.79 Å². The van der Waals surface area contributed by atoms with Crippen LogP contribution in [0.2, 0.25) is 0 Å². The van der Waals surface area contributed by atoms with E-state index in [0.717, 1.165) is 0 Å². The highest BCUT2D eigenvalue weighted by Crippen LogP contribution is 2.34. The molecule has 2 aliphatic rings. The second-order valence-electron chi connectivity index (χ2n) is 5.16. The number of nitrogens with one attached hydrogen (secondary N) is 1. The lowest BCUT2D eigenvalue weighted by atomic mass is 9.84. The molecule has 19 heavy (non-hydrogen) atoms. The molecule has 0 radical (unpaired) electrons. The van der Waals surface area contributed by atoms with Crippen LogP contribution in [0.4, 0.5) is 4.79 Å². The first-order chi connectivity index (χ1) is 8.98. The highest BCUT2D eigenvalue weighted by Gasteiger charge is 2.45. The van der Waals surface area contributed by atoms with Gasteiger partial charge in [-0.3, -0.25) is 9.59 Å². The van der Waals surface area contributed by atoms with Crippen molar-refractivity contribution in [1.82, 2.24) is 15.1 Å². The highest BCUT2D eigenvalue weighted by atomic mass is 16.4. The van der Waals surface area contributed by atoms with Crippen LogP contribution in [0.1, 0.15) is 19.8 Å². The molecule has 106 valence electrons. The Labute approximate surface area is 111 Å². The summed E-state index contributed by atoms with van der Waals surface area (Å²) in [4.78, 5) is 37.9. The molecule has 2 heterocycles. The zero-order valence-electron chi connectivity index (χ0n) is 11.0. The van der Waals surface area contributed by atoms with E-state index in [1.165, 1.54) is 4.90 Å². The van der Waals surface area contributed by atoms with Gasteiger partial charge in [-0.2, -0.15) is 0 Å². The van der Waals surface area contributed by atoms with Crippen LogP contribution in [0.3, 0.4) is 0 Å². The molecule has 1 atom stereocenters. The van der Waals surface area contributed by atoms with Crippen LogP contribution in [0.15, 0.2) is 0 Å². The monoisotopic (exact) mass is 269 g/mol. The van der Waals surface area contributed by atoms with Crippen molar-refractivity contribution in [2.45, 2.75) is 19.8 Å². The molecule has 2 aliphatic heterocycles. The lowest BCUT2D eigenvalue weighted by molar-refractivity contribution is -0.148. The molecular formula is C12H19N3O4. The number of rotatable bonds is 2. The summed E-state index contributed by atoms with van der Waals surface area (Å²) >= 11 is 0. The van der Waals surface area contributed by atoms with Gasteiger partial charge in [0.05, 0.1) is 5.41 Å². The van der Waals surface area contributed by atoms with E-state index in [1.807, 2.05) is 6.92 Å². The molecule has 3 amide bonds. The molecule has 2 fully saturated rings. The molecule has 0 aromatic carbocycles. The van der Waals surface area contributed by atoms with E-state index in [9.17, 15) is 19.5 Å². The fourth-order valence-corrected chi connectivity index (χ4v) is 2.65. The molecule has 7 heteroatoms. The Morgan fingerprint density at radius 3 is 2.63 bits per heavy atom. The second-order valence-corrected chi connectivity index (χ2v) is 5.16. The maximum absolute atomic E-state index is 12.3. The molecule has 1 unspecified atom stereocenters. The number of carboxylic acids is 1. The van der Waals surface area contributed by atoms with E-state index in [4.69, 9.17) is 0 Å². The zero-order valence-corrected chi connectivity index (χ0v) is 11.0. The molecule has 2 rings (SSSR count). The Bertz CT molecular complexity index is 412. The summed E-state index contributed by atoms with van der Waals surface area (Å²) in [6.07, 6.45) is 0.983. The van der Waals surface area contributed by atoms with Crippen LogP contribution < -0.4 is 5.32 Å². The summed E-state index contributed by atoms with van der Waals surface area (Å²) in [6, 6.07) is -0.230. The van der Waals surface area contributed by atoms with Gasteiger partial charge < -0.3 is 20.2 Å². The minimum atomic E-state index is -0.846. The maximum Gasteiger partial charge on any atom is 0.320 e.